The minimum atomic E-state index is 0.787. The summed E-state index contributed by atoms with van der Waals surface area (Å²) in [5.41, 5.74) is 14.8. The number of allylic oxidation sites excluding steroid dienone is 5. The van der Waals surface area contributed by atoms with E-state index in [1.807, 2.05) is 61.6 Å². The topological polar surface area (TPSA) is 38.0 Å². The Balaban J connectivity index is 1.45. The van der Waals surface area contributed by atoms with E-state index < -0.39 is 0 Å². The van der Waals surface area contributed by atoms with Gasteiger partial charge in [0.1, 0.15) is 0 Å². The van der Waals surface area contributed by atoms with Crippen molar-refractivity contribution >= 4 is 23.1 Å². The Kier molecular flexibility index (Phi) is 7.19. The van der Waals surface area contributed by atoms with Crippen molar-refractivity contribution in [2.45, 2.75) is 6.92 Å². The van der Waals surface area contributed by atoms with Crippen LogP contribution in [0.4, 0.5) is 17.1 Å². The molecule has 33 heavy (non-hydrogen) atoms. The molecule has 0 aromatic heterocycles. The highest BCUT2D eigenvalue weighted by molar-refractivity contribution is 5.82. The van der Waals surface area contributed by atoms with Crippen LogP contribution >= 0.6 is 0 Å². The standard InChI is InChI=1S/C31H28N2/c1-2-3-4-5-7-10-24-13-18-28(19-14-24)33-29-20-15-25(16-21-29)27-17-22-31(32)30(23-27)26-11-8-6-9-12-26/h2-23,33H,32H2,1H3/b3-2-,5-4-,10-7+. The number of rotatable bonds is 7. The molecule has 2 heteroatoms. The summed E-state index contributed by atoms with van der Waals surface area (Å²) in [5, 5.41) is 3.47. The maximum absolute atomic E-state index is 6.25. The van der Waals surface area contributed by atoms with Crippen LogP contribution in [-0.2, 0) is 0 Å². The predicted molar refractivity (Wildman–Crippen MR) is 144 cm³/mol. The predicted octanol–water partition coefficient (Wildman–Crippen LogP) is 8.49. The first-order valence-electron chi connectivity index (χ1n) is 11.1. The van der Waals surface area contributed by atoms with Crippen LogP contribution in [0.25, 0.3) is 28.3 Å². The number of nitrogen functional groups attached to an aromatic ring is 1. The second-order valence-electron chi connectivity index (χ2n) is 7.76. The van der Waals surface area contributed by atoms with Gasteiger partial charge in [-0.1, -0.05) is 97.1 Å². The maximum atomic E-state index is 6.25. The van der Waals surface area contributed by atoms with Crippen LogP contribution in [0.5, 0.6) is 0 Å². The number of nitrogens with one attached hydrogen (secondary N) is 1. The summed E-state index contributed by atoms with van der Waals surface area (Å²) in [7, 11) is 0. The first kappa shape index (κ1) is 21.9. The third kappa shape index (κ3) is 5.90. The van der Waals surface area contributed by atoms with E-state index in [1.54, 1.807) is 0 Å². The monoisotopic (exact) mass is 428 g/mol. The van der Waals surface area contributed by atoms with Crippen LogP contribution in [0.1, 0.15) is 12.5 Å². The Hall–Kier alpha value is -4.30. The van der Waals surface area contributed by atoms with Crippen LogP contribution in [0, 0.1) is 0 Å². The SMILES string of the molecule is C\C=C/C=C\C=C\c1ccc(Nc2ccc(-c3ccc(N)c(-c4ccccc4)c3)cc2)cc1. The average molecular weight is 429 g/mol. The van der Waals surface area contributed by atoms with Crippen molar-refractivity contribution in [3.8, 4) is 22.3 Å². The van der Waals surface area contributed by atoms with Gasteiger partial charge in [-0.05, 0) is 65.6 Å². The van der Waals surface area contributed by atoms with E-state index in [4.69, 9.17) is 5.73 Å². The summed E-state index contributed by atoms with van der Waals surface area (Å²) in [5.74, 6) is 0. The Morgan fingerprint density at radius 1 is 0.606 bits per heavy atom. The molecule has 0 unspecified atom stereocenters. The zero-order valence-electron chi connectivity index (χ0n) is 18.8. The fourth-order valence-electron chi connectivity index (χ4n) is 3.60. The van der Waals surface area contributed by atoms with E-state index in [0.717, 1.165) is 39.3 Å². The smallest absolute Gasteiger partial charge is 0.0394 e. The van der Waals surface area contributed by atoms with Crippen LogP contribution in [0.3, 0.4) is 0 Å². The molecule has 0 heterocycles. The Morgan fingerprint density at radius 2 is 1.24 bits per heavy atom. The summed E-state index contributed by atoms with van der Waals surface area (Å²) >= 11 is 0. The summed E-state index contributed by atoms with van der Waals surface area (Å²) in [6.45, 7) is 2.01. The van der Waals surface area contributed by atoms with Gasteiger partial charge >= 0.3 is 0 Å². The van der Waals surface area contributed by atoms with Gasteiger partial charge in [-0.3, -0.25) is 0 Å². The molecule has 162 valence electrons. The van der Waals surface area contributed by atoms with Crippen molar-refractivity contribution in [2.75, 3.05) is 11.1 Å². The van der Waals surface area contributed by atoms with Gasteiger partial charge in [-0.2, -0.15) is 0 Å². The minimum Gasteiger partial charge on any atom is -0.398 e. The molecule has 0 saturated heterocycles. The lowest BCUT2D eigenvalue weighted by Crippen LogP contribution is -1.92. The van der Waals surface area contributed by atoms with E-state index in [0.29, 0.717) is 0 Å². The highest BCUT2D eigenvalue weighted by Gasteiger charge is 2.06. The highest BCUT2D eigenvalue weighted by atomic mass is 14.9. The molecule has 0 fully saturated rings. The van der Waals surface area contributed by atoms with Gasteiger partial charge < -0.3 is 11.1 Å². The highest BCUT2D eigenvalue weighted by Crippen LogP contribution is 2.32. The Bertz CT molecular complexity index is 1260. The minimum absolute atomic E-state index is 0.787. The van der Waals surface area contributed by atoms with Gasteiger partial charge in [0.15, 0.2) is 0 Å². The molecule has 0 saturated carbocycles. The van der Waals surface area contributed by atoms with E-state index >= 15 is 0 Å². The Morgan fingerprint density at radius 3 is 1.94 bits per heavy atom. The largest absolute Gasteiger partial charge is 0.398 e. The van der Waals surface area contributed by atoms with E-state index in [9.17, 15) is 0 Å². The quantitative estimate of drug-likeness (QED) is 0.229. The number of anilines is 3. The van der Waals surface area contributed by atoms with E-state index in [2.05, 4.69) is 84.2 Å². The summed E-state index contributed by atoms with van der Waals surface area (Å²) < 4.78 is 0. The summed E-state index contributed by atoms with van der Waals surface area (Å²) in [6.07, 6.45) is 12.2. The van der Waals surface area contributed by atoms with Crippen molar-refractivity contribution in [2.24, 2.45) is 0 Å². The molecular weight excluding hydrogens is 400 g/mol. The first-order chi connectivity index (χ1) is 16.2. The van der Waals surface area contributed by atoms with Gasteiger partial charge in [0.25, 0.3) is 0 Å². The molecule has 0 aliphatic carbocycles. The summed E-state index contributed by atoms with van der Waals surface area (Å²) in [6, 6.07) is 33.4. The maximum Gasteiger partial charge on any atom is 0.0394 e. The van der Waals surface area contributed by atoms with Crippen LogP contribution < -0.4 is 11.1 Å². The van der Waals surface area contributed by atoms with Crippen molar-refractivity contribution in [1.29, 1.82) is 0 Å². The molecular formula is C31H28N2. The fourth-order valence-corrected chi connectivity index (χ4v) is 3.60. The molecule has 0 atom stereocenters. The zero-order chi connectivity index (χ0) is 22.9. The second kappa shape index (κ2) is 10.8. The summed E-state index contributed by atoms with van der Waals surface area (Å²) in [4.78, 5) is 0. The van der Waals surface area contributed by atoms with Gasteiger partial charge in [0.05, 0.1) is 0 Å². The molecule has 0 aliphatic heterocycles. The molecule has 3 N–H and O–H groups in total. The lowest BCUT2D eigenvalue weighted by molar-refractivity contribution is 1.53. The number of benzene rings is 4. The third-order valence-electron chi connectivity index (χ3n) is 5.37. The Labute approximate surface area is 196 Å². The van der Waals surface area contributed by atoms with E-state index in [-0.39, 0.29) is 0 Å². The molecule has 0 spiro atoms. The second-order valence-corrected chi connectivity index (χ2v) is 7.76. The fraction of sp³-hybridized carbons (Fsp3) is 0.0323. The van der Waals surface area contributed by atoms with Crippen molar-refractivity contribution in [3.63, 3.8) is 0 Å². The van der Waals surface area contributed by atoms with E-state index in [1.165, 1.54) is 5.56 Å². The van der Waals surface area contributed by atoms with Crippen molar-refractivity contribution in [1.82, 2.24) is 0 Å². The van der Waals surface area contributed by atoms with Crippen molar-refractivity contribution < 1.29 is 0 Å². The van der Waals surface area contributed by atoms with Gasteiger partial charge in [0, 0.05) is 22.6 Å². The molecule has 4 rings (SSSR count). The number of nitrogens with two attached hydrogens (primary N) is 1. The lowest BCUT2D eigenvalue weighted by atomic mass is 9.97. The van der Waals surface area contributed by atoms with Crippen LogP contribution in [-0.4, -0.2) is 0 Å². The zero-order valence-corrected chi connectivity index (χ0v) is 18.8. The molecule has 2 nitrogen and oxygen atoms in total. The van der Waals surface area contributed by atoms with Crippen LogP contribution in [0.2, 0.25) is 0 Å². The third-order valence-corrected chi connectivity index (χ3v) is 5.37. The average Bonchev–Trinajstić information content (AvgIpc) is 2.86. The van der Waals surface area contributed by atoms with Gasteiger partial charge in [-0.15, -0.1) is 0 Å². The number of hydrogen-bond acceptors (Lipinski definition) is 2. The first-order valence-corrected chi connectivity index (χ1v) is 11.1. The molecule has 4 aromatic rings. The lowest BCUT2D eigenvalue weighted by Gasteiger charge is -2.11. The van der Waals surface area contributed by atoms with Crippen LogP contribution in [0.15, 0.2) is 127 Å². The van der Waals surface area contributed by atoms with Crippen molar-refractivity contribution in [3.05, 3.63) is 133 Å². The molecule has 0 amide bonds. The molecule has 0 aliphatic rings. The molecule has 0 radical (unpaired) electrons. The normalized spacial score (nSPS) is 11.5. The van der Waals surface area contributed by atoms with Gasteiger partial charge in [-0.25, -0.2) is 0 Å². The number of hydrogen-bond donors (Lipinski definition) is 2. The molecule has 0 bridgehead atoms. The molecule has 4 aromatic carbocycles. The van der Waals surface area contributed by atoms with Gasteiger partial charge in [0.2, 0.25) is 0 Å².